The molecule has 0 fully saturated rings. The summed E-state index contributed by atoms with van der Waals surface area (Å²) in [5.41, 5.74) is 0.705. The van der Waals surface area contributed by atoms with Gasteiger partial charge in [-0.3, -0.25) is 4.68 Å². The minimum absolute atomic E-state index is 0. The highest BCUT2D eigenvalue weighted by atomic mass is 127. The van der Waals surface area contributed by atoms with Gasteiger partial charge in [0.05, 0.1) is 6.54 Å². The highest BCUT2D eigenvalue weighted by molar-refractivity contribution is 14.0. The van der Waals surface area contributed by atoms with Gasteiger partial charge in [-0.05, 0) is 31.0 Å². The molecule has 2 aromatic heterocycles. The van der Waals surface area contributed by atoms with E-state index in [0.29, 0.717) is 31.2 Å². The first kappa shape index (κ1) is 24.0. The van der Waals surface area contributed by atoms with Crippen LogP contribution in [0.4, 0.5) is 13.2 Å². The van der Waals surface area contributed by atoms with Crippen molar-refractivity contribution < 1.29 is 17.9 Å². The van der Waals surface area contributed by atoms with Crippen molar-refractivity contribution in [1.82, 2.24) is 25.4 Å². The molecular formula is C17H24F3IN6O. The number of ether oxygens (including phenoxy) is 1. The second kappa shape index (κ2) is 12.4. The molecule has 0 bridgehead atoms. The summed E-state index contributed by atoms with van der Waals surface area (Å²) in [4.78, 5) is 8.22. The smallest absolute Gasteiger partial charge is 0.422 e. The highest BCUT2D eigenvalue weighted by Gasteiger charge is 2.28. The summed E-state index contributed by atoms with van der Waals surface area (Å²) in [6, 6.07) is 5.02. The Morgan fingerprint density at radius 2 is 2.11 bits per heavy atom. The number of hydrogen-bond acceptors (Lipinski definition) is 4. The van der Waals surface area contributed by atoms with Crippen LogP contribution in [0, 0.1) is 0 Å². The van der Waals surface area contributed by atoms with Crippen LogP contribution in [-0.4, -0.2) is 46.6 Å². The molecule has 0 aliphatic carbocycles. The van der Waals surface area contributed by atoms with Crippen molar-refractivity contribution in [2.24, 2.45) is 4.99 Å². The Kier molecular flexibility index (Phi) is 10.6. The van der Waals surface area contributed by atoms with Gasteiger partial charge in [-0.1, -0.05) is 0 Å². The standard InChI is InChI=1S/C17H23F3N6O.HI/c1-2-21-16(23-6-3-9-26-10-4-7-25-26)24-12-14-5-8-22-15(11-14)27-13-17(18,19)20;/h4-5,7-8,10-11H,2-3,6,9,12-13H2,1H3,(H2,21,23,24);1H. The predicted octanol–water partition coefficient (Wildman–Crippen LogP) is 2.98. The zero-order valence-corrected chi connectivity index (χ0v) is 17.8. The van der Waals surface area contributed by atoms with Gasteiger partial charge in [-0.25, -0.2) is 9.98 Å². The second-order valence-electron chi connectivity index (χ2n) is 5.65. The normalized spacial score (nSPS) is 11.6. The van der Waals surface area contributed by atoms with Gasteiger partial charge < -0.3 is 15.4 Å². The lowest BCUT2D eigenvalue weighted by molar-refractivity contribution is -0.154. The summed E-state index contributed by atoms with van der Waals surface area (Å²) in [7, 11) is 0. The largest absolute Gasteiger partial charge is 0.468 e. The molecule has 0 saturated heterocycles. The van der Waals surface area contributed by atoms with E-state index in [1.807, 2.05) is 23.9 Å². The van der Waals surface area contributed by atoms with Gasteiger partial charge in [-0.2, -0.15) is 18.3 Å². The van der Waals surface area contributed by atoms with Crippen LogP contribution in [0.1, 0.15) is 18.9 Å². The van der Waals surface area contributed by atoms with Crippen LogP contribution in [0.5, 0.6) is 5.88 Å². The molecule has 2 heterocycles. The molecular weight excluding hydrogens is 488 g/mol. The molecule has 2 aromatic rings. The molecule has 2 rings (SSSR count). The van der Waals surface area contributed by atoms with Crippen molar-refractivity contribution in [2.75, 3.05) is 19.7 Å². The van der Waals surface area contributed by atoms with Crippen LogP contribution in [0.25, 0.3) is 0 Å². The van der Waals surface area contributed by atoms with Gasteiger partial charge >= 0.3 is 6.18 Å². The number of aryl methyl sites for hydroxylation is 1. The Morgan fingerprint density at radius 3 is 2.79 bits per heavy atom. The van der Waals surface area contributed by atoms with Crippen LogP contribution in [-0.2, 0) is 13.1 Å². The van der Waals surface area contributed by atoms with E-state index in [-0.39, 0.29) is 29.9 Å². The number of alkyl halides is 3. The van der Waals surface area contributed by atoms with E-state index in [9.17, 15) is 13.2 Å². The van der Waals surface area contributed by atoms with Gasteiger partial charge in [0.15, 0.2) is 12.6 Å². The number of aromatic nitrogens is 3. The van der Waals surface area contributed by atoms with Crippen LogP contribution >= 0.6 is 24.0 Å². The number of guanidine groups is 1. The summed E-state index contributed by atoms with van der Waals surface area (Å²) in [5, 5.41) is 10.5. The van der Waals surface area contributed by atoms with E-state index in [1.54, 1.807) is 12.3 Å². The van der Waals surface area contributed by atoms with E-state index >= 15 is 0 Å². The summed E-state index contributed by atoms with van der Waals surface area (Å²) in [6.07, 6.45) is 1.52. The lowest BCUT2D eigenvalue weighted by Crippen LogP contribution is -2.38. The third-order valence-electron chi connectivity index (χ3n) is 3.36. The van der Waals surface area contributed by atoms with Gasteiger partial charge in [0.25, 0.3) is 0 Å². The first-order valence-electron chi connectivity index (χ1n) is 8.60. The summed E-state index contributed by atoms with van der Waals surface area (Å²) >= 11 is 0. The fraction of sp³-hybridized carbons (Fsp3) is 0.471. The molecule has 0 aliphatic heterocycles. The molecule has 2 N–H and O–H groups in total. The van der Waals surface area contributed by atoms with Crippen molar-refractivity contribution in [3.63, 3.8) is 0 Å². The number of rotatable bonds is 9. The second-order valence-corrected chi connectivity index (χ2v) is 5.65. The zero-order chi connectivity index (χ0) is 19.5. The van der Waals surface area contributed by atoms with Crippen LogP contribution in [0.2, 0.25) is 0 Å². The van der Waals surface area contributed by atoms with Crippen LogP contribution in [0.3, 0.4) is 0 Å². The average molecular weight is 512 g/mol. The Morgan fingerprint density at radius 1 is 1.29 bits per heavy atom. The summed E-state index contributed by atoms with van der Waals surface area (Å²) < 4.78 is 43.2. The van der Waals surface area contributed by atoms with E-state index in [2.05, 4.69) is 30.4 Å². The topological polar surface area (TPSA) is 76.4 Å². The lowest BCUT2D eigenvalue weighted by atomic mass is 10.3. The number of halogens is 4. The maximum atomic E-state index is 12.2. The molecule has 7 nitrogen and oxygen atoms in total. The number of aliphatic imine (C=N–C) groups is 1. The molecule has 0 aliphatic rings. The van der Waals surface area contributed by atoms with Crippen LogP contribution < -0.4 is 15.4 Å². The SMILES string of the molecule is CCNC(=NCc1ccnc(OCC(F)(F)F)c1)NCCCn1cccn1.I. The third-order valence-corrected chi connectivity index (χ3v) is 3.36. The Bertz CT molecular complexity index is 709. The van der Waals surface area contributed by atoms with Gasteiger partial charge in [0.2, 0.25) is 5.88 Å². The molecule has 0 unspecified atom stereocenters. The number of pyridine rings is 1. The van der Waals surface area contributed by atoms with E-state index in [4.69, 9.17) is 0 Å². The van der Waals surface area contributed by atoms with E-state index < -0.39 is 12.8 Å². The number of nitrogens with one attached hydrogen (secondary N) is 2. The molecule has 28 heavy (non-hydrogen) atoms. The molecule has 0 amide bonds. The first-order chi connectivity index (χ1) is 13.0. The molecule has 0 radical (unpaired) electrons. The minimum atomic E-state index is -4.39. The van der Waals surface area contributed by atoms with Crippen molar-refractivity contribution in [3.8, 4) is 5.88 Å². The van der Waals surface area contributed by atoms with Crippen LogP contribution in [0.15, 0.2) is 41.8 Å². The van der Waals surface area contributed by atoms with Crippen molar-refractivity contribution in [1.29, 1.82) is 0 Å². The quantitative estimate of drug-likeness (QED) is 0.234. The third kappa shape index (κ3) is 9.76. The summed E-state index contributed by atoms with van der Waals surface area (Å²) in [6.45, 7) is 3.08. The fourth-order valence-corrected chi connectivity index (χ4v) is 2.18. The maximum Gasteiger partial charge on any atom is 0.422 e. The average Bonchev–Trinajstić information content (AvgIpc) is 3.15. The summed E-state index contributed by atoms with van der Waals surface area (Å²) in [5.74, 6) is 0.560. The highest BCUT2D eigenvalue weighted by Crippen LogP contribution is 2.17. The number of hydrogen-bond donors (Lipinski definition) is 2. The molecule has 0 atom stereocenters. The predicted molar refractivity (Wildman–Crippen MR) is 111 cm³/mol. The van der Waals surface area contributed by atoms with Crippen molar-refractivity contribution in [3.05, 3.63) is 42.4 Å². The zero-order valence-electron chi connectivity index (χ0n) is 15.4. The fourth-order valence-electron chi connectivity index (χ4n) is 2.18. The molecule has 11 heteroatoms. The minimum Gasteiger partial charge on any atom is -0.468 e. The van der Waals surface area contributed by atoms with Crippen molar-refractivity contribution in [2.45, 2.75) is 32.6 Å². The Labute approximate surface area is 178 Å². The molecule has 0 aromatic carbocycles. The van der Waals surface area contributed by atoms with E-state index in [1.165, 1.54) is 12.3 Å². The monoisotopic (exact) mass is 512 g/mol. The van der Waals surface area contributed by atoms with Gasteiger partial charge in [-0.15, -0.1) is 24.0 Å². The molecule has 0 saturated carbocycles. The Balaban J connectivity index is 0.00000392. The van der Waals surface area contributed by atoms with E-state index in [0.717, 1.165) is 13.0 Å². The molecule has 156 valence electrons. The molecule has 0 spiro atoms. The lowest BCUT2D eigenvalue weighted by Gasteiger charge is -2.12. The van der Waals surface area contributed by atoms with Gasteiger partial charge in [0.1, 0.15) is 0 Å². The Hall–Kier alpha value is -2.05. The number of nitrogens with zero attached hydrogens (tertiary/aromatic N) is 4. The van der Waals surface area contributed by atoms with Crippen molar-refractivity contribution >= 4 is 29.9 Å². The van der Waals surface area contributed by atoms with Gasteiger partial charge in [0, 0.05) is 44.3 Å². The first-order valence-corrected chi connectivity index (χ1v) is 8.60. The maximum absolute atomic E-state index is 12.2.